The average Bonchev–Trinajstić information content (AvgIpc) is 2.66. The molecule has 0 saturated carbocycles. The highest BCUT2D eigenvalue weighted by Gasteiger charge is 2.30. The highest BCUT2D eigenvalue weighted by Crippen LogP contribution is 2.31. The summed E-state index contributed by atoms with van der Waals surface area (Å²) in [6.45, 7) is 0.727. The number of piperazine rings is 1. The lowest BCUT2D eigenvalue weighted by Crippen LogP contribution is -2.49. The van der Waals surface area contributed by atoms with Crippen LogP contribution in [0.25, 0.3) is 10.8 Å². The van der Waals surface area contributed by atoms with Crippen molar-refractivity contribution in [2.75, 3.05) is 46.3 Å². The van der Waals surface area contributed by atoms with E-state index in [0.29, 0.717) is 31.6 Å². The van der Waals surface area contributed by atoms with Crippen LogP contribution in [0.5, 0.6) is 5.88 Å². The molecule has 27 heavy (non-hydrogen) atoms. The van der Waals surface area contributed by atoms with Crippen LogP contribution in [0.1, 0.15) is 0 Å². The van der Waals surface area contributed by atoms with Crippen molar-refractivity contribution < 1.29 is 21.9 Å². The topological polar surface area (TPSA) is 74.8 Å². The van der Waals surface area contributed by atoms with E-state index < -0.39 is 16.6 Å². The van der Waals surface area contributed by atoms with Gasteiger partial charge in [0.15, 0.2) is 0 Å². The second kappa shape index (κ2) is 8.42. The maximum Gasteiger partial charge on any atom is 0.388 e. The van der Waals surface area contributed by atoms with Gasteiger partial charge in [-0.1, -0.05) is 6.07 Å². The molecule has 1 aromatic heterocycles. The summed E-state index contributed by atoms with van der Waals surface area (Å²) in [6.07, 6.45) is 1.27. The number of benzene rings is 1. The van der Waals surface area contributed by atoms with Crippen molar-refractivity contribution in [1.29, 1.82) is 0 Å². The average molecular weight is 400 g/mol. The van der Waals surface area contributed by atoms with Gasteiger partial charge in [0, 0.05) is 56.2 Å². The number of likely N-dealkylation sites (N-methyl/N-ethyl adjacent to an activating group) is 1. The molecule has 0 radical (unpaired) electrons. The summed E-state index contributed by atoms with van der Waals surface area (Å²) >= 11 is 0. The van der Waals surface area contributed by atoms with E-state index in [9.17, 15) is 17.2 Å². The smallest absolute Gasteiger partial charge is 0.388 e. The molecular weight excluding hydrogens is 378 g/mol. The number of sulfonamides is 1. The van der Waals surface area contributed by atoms with E-state index in [1.807, 2.05) is 7.05 Å². The SMILES string of the molecule is CNCCN1CCN(S(=O)(=O)c2cccc3c(OC(F)F)nccc23)CC1. The molecule has 2 heterocycles. The third-order valence-corrected chi connectivity index (χ3v) is 6.51. The van der Waals surface area contributed by atoms with Gasteiger partial charge in [-0.2, -0.15) is 13.1 Å². The maximum atomic E-state index is 13.1. The summed E-state index contributed by atoms with van der Waals surface area (Å²) in [4.78, 5) is 6.07. The van der Waals surface area contributed by atoms with Crippen LogP contribution in [0.4, 0.5) is 8.78 Å². The monoisotopic (exact) mass is 400 g/mol. The summed E-state index contributed by atoms with van der Waals surface area (Å²) < 4.78 is 57.3. The molecule has 1 aliphatic rings. The highest BCUT2D eigenvalue weighted by atomic mass is 32.2. The number of halogens is 2. The molecule has 1 aromatic carbocycles. The standard InChI is InChI=1S/C17H22F2N4O3S/c1-20-7-8-22-9-11-23(12-10-22)27(24,25)15-4-2-3-14-13(15)5-6-21-16(14)26-17(18)19/h2-6,17,20H,7-12H2,1H3. The van der Waals surface area contributed by atoms with Gasteiger partial charge in [0.1, 0.15) is 0 Å². The van der Waals surface area contributed by atoms with E-state index in [4.69, 9.17) is 0 Å². The third kappa shape index (κ3) is 4.34. The van der Waals surface area contributed by atoms with Crippen molar-refractivity contribution in [2.45, 2.75) is 11.5 Å². The summed E-state index contributed by atoms with van der Waals surface area (Å²) in [7, 11) is -1.88. The molecule has 0 spiro atoms. The second-order valence-corrected chi connectivity index (χ2v) is 8.10. The number of pyridine rings is 1. The minimum Gasteiger partial charge on any atom is -0.416 e. The van der Waals surface area contributed by atoms with Crippen LogP contribution in [-0.4, -0.2) is 75.5 Å². The first-order valence-corrected chi connectivity index (χ1v) is 10.1. The third-order valence-electron chi connectivity index (χ3n) is 4.56. The lowest BCUT2D eigenvalue weighted by molar-refractivity contribution is -0.0517. The minimum absolute atomic E-state index is 0.0743. The largest absolute Gasteiger partial charge is 0.416 e. The molecule has 0 amide bonds. The van der Waals surface area contributed by atoms with E-state index >= 15 is 0 Å². The fourth-order valence-corrected chi connectivity index (χ4v) is 4.79. The molecule has 0 unspecified atom stereocenters. The fraction of sp³-hybridized carbons (Fsp3) is 0.471. The molecule has 3 rings (SSSR count). The Morgan fingerprint density at radius 1 is 1.19 bits per heavy atom. The van der Waals surface area contributed by atoms with E-state index in [0.717, 1.165) is 13.1 Å². The first kappa shape index (κ1) is 19.9. The normalized spacial score (nSPS) is 16.9. The molecule has 0 atom stereocenters. The number of ether oxygens (including phenoxy) is 1. The van der Waals surface area contributed by atoms with Gasteiger partial charge in [-0.3, -0.25) is 4.90 Å². The van der Waals surface area contributed by atoms with Gasteiger partial charge < -0.3 is 10.1 Å². The molecule has 1 saturated heterocycles. The number of hydrogen-bond acceptors (Lipinski definition) is 6. The Morgan fingerprint density at radius 2 is 1.93 bits per heavy atom. The van der Waals surface area contributed by atoms with Crippen molar-refractivity contribution in [1.82, 2.24) is 19.5 Å². The molecule has 1 aliphatic heterocycles. The number of nitrogens with one attached hydrogen (secondary N) is 1. The Hall–Kier alpha value is -1.88. The predicted octanol–water partition coefficient (Wildman–Crippen LogP) is 1.36. The van der Waals surface area contributed by atoms with Crippen LogP contribution in [0.2, 0.25) is 0 Å². The first-order chi connectivity index (χ1) is 12.9. The van der Waals surface area contributed by atoms with Crippen molar-refractivity contribution >= 4 is 20.8 Å². The van der Waals surface area contributed by atoms with Crippen LogP contribution in [-0.2, 0) is 10.0 Å². The molecule has 1 N–H and O–H groups in total. The number of nitrogens with zero attached hydrogens (tertiary/aromatic N) is 3. The molecule has 2 aromatic rings. The van der Waals surface area contributed by atoms with Gasteiger partial charge in [-0.05, 0) is 25.2 Å². The van der Waals surface area contributed by atoms with Gasteiger partial charge in [-0.25, -0.2) is 13.4 Å². The molecule has 0 aliphatic carbocycles. The maximum absolute atomic E-state index is 13.1. The fourth-order valence-electron chi connectivity index (χ4n) is 3.16. The molecule has 0 bridgehead atoms. The zero-order chi connectivity index (χ0) is 19.4. The van der Waals surface area contributed by atoms with Crippen molar-refractivity contribution in [3.05, 3.63) is 30.5 Å². The molecule has 7 nitrogen and oxygen atoms in total. The van der Waals surface area contributed by atoms with Crippen molar-refractivity contribution in [2.24, 2.45) is 0 Å². The zero-order valence-electron chi connectivity index (χ0n) is 14.9. The lowest BCUT2D eigenvalue weighted by Gasteiger charge is -2.34. The number of aromatic nitrogens is 1. The van der Waals surface area contributed by atoms with Crippen LogP contribution >= 0.6 is 0 Å². The van der Waals surface area contributed by atoms with Gasteiger partial charge in [0.25, 0.3) is 0 Å². The molecule has 148 valence electrons. The molecular formula is C17H22F2N4O3S. The van der Waals surface area contributed by atoms with Crippen LogP contribution in [0.15, 0.2) is 35.4 Å². The van der Waals surface area contributed by atoms with Crippen molar-refractivity contribution in [3.8, 4) is 5.88 Å². The predicted molar refractivity (Wildman–Crippen MR) is 97.5 cm³/mol. The number of alkyl halides is 2. The Bertz CT molecular complexity index is 887. The summed E-state index contributed by atoms with van der Waals surface area (Å²) in [5.74, 6) is -0.281. The summed E-state index contributed by atoms with van der Waals surface area (Å²) in [6, 6.07) is 6.02. The summed E-state index contributed by atoms with van der Waals surface area (Å²) in [5, 5.41) is 3.64. The number of rotatable bonds is 7. The summed E-state index contributed by atoms with van der Waals surface area (Å²) in [5.41, 5.74) is 0. The lowest BCUT2D eigenvalue weighted by atomic mass is 10.2. The zero-order valence-corrected chi connectivity index (χ0v) is 15.8. The van der Waals surface area contributed by atoms with E-state index in [2.05, 4.69) is 19.9 Å². The van der Waals surface area contributed by atoms with Crippen LogP contribution < -0.4 is 10.1 Å². The Morgan fingerprint density at radius 3 is 2.59 bits per heavy atom. The van der Waals surface area contributed by atoms with Crippen LogP contribution in [0.3, 0.4) is 0 Å². The van der Waals surface area contributed by atoms with Gasteiger partial charge in [-0.15, -0.1) is 0 Å². The van der Waals surface area contributed by atoms with Gasteiger partial charge in [0.2, 0.25) is 15.9 Å². The van der Waals surface area contributed by atoms with E-state index in [1.54, 1.807) is 0 Å². The Labute approximate surface area is 157 Å². The Kier molecular flexibility index (Phi) is 6.20. The van der Waals surface area contributed by atoms with Gasteiger partial charge >= 0.3 is 6.61 Å². The minimum atomic E-state index is -3.76. The van der Waals surface area contributed by atoms with E-state index in [1.165, 1.54) is 34.8 Å². The molecule has 10 heteroatoms. The van der Waals surface area contributed by atoms with Crippen molar-refractivity contribution in [3.63, 3.8) is 0 Å². The van der Waals surface area contributed by atoms with Gasteiger partial charge in [0.05, 0.1) is 4.90 Å². The molecule has 1 fully saturated rings. The quantitative estimate of drug-likeness (QED) is 0.757. The highest BCUT2D eigenvalue weighted by molar-refractivity contribution is 7.89. The van der Waals surface area contributed by atoms with E-state index in [-0.39, 0.29) is 16.2 Å². The van der Waals surface area contributed by atoms with Crippen LogP contribution in [0, 0.1) is 0 Å². The number of hydrogen-bond donors (Lipinski definition) is 1. The first-order valence-electron chi connectivity index (χ1n) is 8.63. The number of fused-ring (bicyclic) bond motifs is 1. The second-order valence-electron chi connectivity index (χ2n) is 6.20. The Balaban J connectivity index is 1.88.